The maximum atomic E-state index is 11.4. The van der Waals surface area contributed by atoms with Gasteiger partial charge in [0.2, 0.25) is 5.91 Å². The average Bonchev–Trinajstić information content (AvgIpc) is 2.72. The number of amides is 1. The van der Waals surface area contributed by atoms with Gasteiger partial charge in [0.05, 0.1) is 6.54 Å². The van der Waals surface area contributed by atoms with Gasteiger partial charge in [0.25, 0.3) is 0 Å². The first-order valence-corrected chi connectivity index (χ1v) is 6.04. The van der Waals surface area contributed by atoms with Crippen LogP contribution in [0.1, 0.15) is 23.6 Å². The summed E-state index contributed by atoms with van der Waals surface area (Å²) in [5.41, 5.74) is 5.41. The molecule has 0 aliphatic heterocycles. The van der Waals surface area contributed by atoms with Gasteiger partial charge in [-0.1, -0.05) is 13.8 Å². The van der Waals surface area contributed by atoms with Gasteiger partial charge in [-0.2, -0.15) is 0 Å². The molecule has 1 aromatic heterocycles. The first-order valence-electron chi connectivity index (χ1n) is 5.22. The number of thiophene rings is 1. The smallest absolute Gasteiger partial charge is 0.224 e. The van der Waals surface area contributed by atoms with E-state index in [1.807, 2.05) is 6.92 Å². The maximum Gasteiger partial charge on any atom is 0.224 e. The van der Waals surface area contributed by atoms with Gasteiger partial charge < -0.3 is 11.1 Å². The average molecular weight is 226 g/mol. The van der Waals surface area contributed by atoms with Crippen molar-refractivity contribution in [2.75, 3.05) is 6.54 Å². The molecule has 0 radical (unpaired) electrons. The van der Waals surface area contributed by atoms with Crippen molar-refractivity contribution in [3.63, 3.8) is 0 Å². The van der Waals surface area contributed by atoms with Crippen LogP contribution in [0.5, 0.6) is 0 Å². The second-order valence-electron chi connectivity index (χ2n) is 3.58. The summed E-state index contributed by atoms with van der Waals surface area (Å²) in [6.45, 7) is 4.98. The third kappa shape index (κ3) is 3.64. The summed E-state index contributed by atoms with van der Waals surface area (Å²) >= 11 is 1.75. The number of nitrogens with two attached hydrogens (primary N) is 1. The summed E-state index contributed by atoms with van der Waals surface area (Å²) in [6, 6.07) is 4.18. The quantitative estimate of drug-likeness (QED) is 0.800. The van der Waals surface area contributed by atoms with Crippen LogP contribution in [-0.2, 0) is 17.8 Å². The molecular formula is C11H18N2OS. The number of hydrogen-bond donors (Lipinski definition) is 2. The molecule has 1 atom stereocenters. The van der Waals surface area contributed by atoms with E-state index in [4.69, 9.17) is 5.73 Å². The molecule has 4 heteroatoms. The van der Waals surface area contributed by atoms with Crippen molar-refractivity contribution in [3.05, 3.63) is 21.9 Å². The first kappa shape index (κ1) is 12.2. The molecule has 1 unspecified atom stereocenters. The number of rotatable bonds is 5. The lowest BCUT2D eigenvalue weighted by Crippen LogP contribution is -2.32. The first-order chi connectivity index (χ1) is 7.17. The van der Waals surface area contributed by atoms with E-state index in [1.54, 1.807) is 11.3 Å². The Hall–Kier alpha value is -0.870. The Labute approximate surface area is 94.7 Å². The molecule has 15 heavy (non-hydrogen) atoms. The standard InChI is InChI=1S/C11H18N2OS/c1-3-9-4-5-10(15-9)7-13-11(14)8(2)6-12/h4-5,8H,3,6-7,12H2,1-2H3,(H,13,14). The zero-order valence-corrected chi connectivity index (χ0v) is 10.1. The van der Waals surface area contributed by atoms with Gasteiger partial charge in [0, 0.05) is 22.2 Å². The lowest BCUT2D eigenvalue weighted by molar-refractivity contribution is -0.124. The fraction of sp³-hybridized carbons (Fsp3) is 0.545. The van der Waals surface area contributed by atoms with Crippen molar-refractivity contribution in [2.24, 2.45) is 11.7 Å². The van der Waals surface area contributed by atoms with Crippen molar-refractivity contribution >= 4 is 17.2 Å². The van der Waals surface area contributed by atoms with E-state index in [1.165, 1.54) is 9.75 Å². The lowest BCUT2D eigenvalue weighted by atomic mass is 10.2. The van der Waals surface area contributed by atoms with Gasteiger partial charge in [0.15, 0.2) is 0 Å². The van der Waals surface area contributed by atoms with E-state index in [0.717, 1.165) is 6.42 Å². The molecule has 0 saturated carbocycles. The largest absolute Gasteiger partial charge is 0.351 e. The van der Waals surface area contributed by atoms with Crippen LogP contribution in [0.25, 0.3) is 0 Å². The maximum absolute atomic E-state index is 11.4. The molecule has 0 spiro atoms. The molecule has 0 aliphatic carbocycles. The van der Waals surface area contributed by atoms with E-state index in [-0.39, 0.29) is 11.8 Å². The molecule has 3 nitrogen and oxygen atoms in total. The van der Waals surface area contributed by atoms with Crippen molar-refractivity contribution < 1.29 is 4.79 Å². The van der Waals surface area contributed by atoms with Gasteiger partial charge in [-0.25, -0.2) is 0 Å². The molecule has 1 rings (SSSR count). The Morgan fingerprint density at radius 2 is 2.20 bits per heavy atom. The Balaban J connectivity index is 2.40. The number of aryl methyl sites for hydroxylation is 1. The summed E-state index contributed by atoms with van der Waals surface area (Å²) < 4.78 is 0. The number of carbonyl (C=O) groups is 1. The molecule has 0 aliphatic rings. The SMILES string of the molecule is CCc1ccc(CNC(=O)C(C)CN)s1. The Morgan fingerprint density at radius 1 is 1.53 bits per heavy atom. The topological polar surface area (TPSA) is 55.1 Å². The van der Waals surface area contributed by atoms with E-state index in [9.17, 15) is 4.79 Å². The normalized spacial score (nSPS) is 12.5. The summed E-state index contributed by atoms with van der Waals surface area (Å²) in [5, 5.41) is 2.88. The van der Waals surface area contributed by atoms with Crippen molar-refractivity contribution in [3.8, 4) is 0 Å². The zero-order valence-electron chi connectivity index (χ0n) is 9.25. The second kappa shape index (κ2) is 5.88. The molecule has 0 aromatic carbocycles. The van der Waals surface area contributed by atoms with Crippen LogP contribution < -0.4 is 11.1 Å². The third-order valence-electron chi connectivity index (χ3n) is 2.30. The summed E-state index contributed by atoms with van der Waals surface area (Å²) in [5.74, 6) is -0.0699. The molecule has 0 bridgehead atoms. The number of hydrogen-bond acceptors (Lipinski definition) is 3. The van der Waals surface area contributed by atoms with Crippen LogP contribution in [0, 0.1) is 5.92 Å². The summed E-state index contributed by atoms with van der Waals surface area (Å²) in [4.78, 5) is 14.0. The Morgan fingerprint density at radius 3 is 2.73 bits per heavy atom. The Bertz CT molecular complexity index is 322. The predicted molar refractivity (Wildman–Crippen MR) is 63.8 cm³/mol. The predicted octanol–water partition coefficient (Wildman–Crippen LogP) is 1.52. The van der Waals surface area contributed by atoms with Gasteiger partial charge in [-0.05, 0) is 18.6 Å². The van der Waals surface area contributed by atoms with Gasteiger partial charge in [-0.15, -0.1) is 11.3 Å². The summed E-state index contributed by atoms with van der Waals surface area (Å²) in [6.07, 6.45) is 1.05. The molecule has 1 aromatic rings. The Kier molecular flexibility index (Phi) is 4.78. The number of nitrogens with one attached hydrogen (secondary N) is 1. The molecular weight excluding hydrogens is 208 g/mol. The lowest BCUT2D eigenvalue weighted by Gasteiger charge is -2.08. The highest BCUT2D eigenvalue weighted by Crippen LogP contribution is 2.16. The van der Waals surface area contributed by atoms with Crippen LogP contribution in [0.15, 0.2) is 12.1 Å². The molecule has 0 fully saturated rings. The fourth-order valence-corrected chi connectivity index (χ4v) is 2.06. The van der Waals surface area contributed by atoms with Gasteiger partial charge in [0.1, 0.15) is 0 Å². The van der Waals surface area contributed by atoms with Gasteiger partial charge in [-0.3, -0.25) is 4.79 Å². The molecule has 3 N–H and O–H groups in total. The van der Waals surface area contributed by atoms with Crippen LogP contribution in [-0.4, -0.2) is 12.5 Å². The van der Waals surface area contributed by atoms with Crippen LogP contribution >= 0.6 is 11.3 Å². The highest BCUT2D eigenvalue weighted by atomic mass is 32.1. The minimum atomic E-state index is -0.101. The monoisotopic (exact) mass is 226 g/mol. The van der Waals surface area contributed by atoms with Crippen LogP contribution in [0.4, 0.5) is 0 Å². The van der Waals surface area contributed by atoms with Crippen molar-refractivity contribution in [1.82, 2.24) is 5.32 Å². The highest BCUT2D eigenvalue weighted by Gasteiger charge is 2.10. The molecule has 84 valence electrons. The minimum Gasteiger partial charge on any atom is -0.351 e. The third-order valence-corrected chi connectivity index (χ3v) is 3.53. The van der Waals surface area contributed by atoms with Crippen LogP contribution in [0.2, 0.25) is 0 Å². The van der Waals surface area contributed by atoms with E-state index in [0.29, 0.717) is 13.1 Å². The second-order valence-corrected chi connectivity index (χ2v) is 4.83. The highest BCUT2D eigenvalue weighted by molar-refractivity contribution is 7.11. The van der Waals surface area contributed by atoms with Crippen molar-refractivity contribution in [2.45, 2.75) is 26.8 Å². The van der Waals surface area contributed by atoms with Crippen LogP contribution in [0.3, 0.4) is 0 Å². The fourth-order valence-electron chi connectivity index (χ4n) is 1.16. The van der Waals surface area contributed by atoms with E-state index < -0.39 is 0 Å². The zero-order chi connectivity index (χ0) is 11.3. The van der Waals surface area contributed by atoms with Gasteiger partial charge >= 0.3 is 0 Å². The molecule has 1 heterocycles. The van der Waals surface area contributed by atoms with E-state index >= 15 is 0 Å². The van der Waals surface area contributed by atoms with Crippen molar-refractivity contribution in [1.29, 1.82) is 0 Å². The summed E-state index contributed by atoms with van der Waals surface area (Å²) in [7, 11) is 0. The minimum absolute atomic E-state index is 0.0314. The molecule has 0 saturated heterocycles. The van der Waals surface area contributed by atoms with E-state index in [2.05, 4.69) is 24.4 Å². The number of carbonyl (C=O) groups excluding carboxylic acids is 1. The molecule has 1 amide bonds.